The van der Waals surface area contributed by atoms with Crippen LogP contribution in [0.15, 0.2) is 0 Å². The first-order chi connectivity index (χ1) is 23.3. The molecule has 4 saturated carbocycles. The molecule has 0 aromatic carbocycles. The van der Waals surface area contributed by atoms with E-state index >= 15 is 0 Å². The summed E-state index contributed by atoms with van der Waals surface area (Å²) in [6.07, 6.45) is 33.4. The Kier molecular flexibility index (Phi) is 16.0. The molecule has 6 aliphatic rings. The maximum Gasteiger partial charge on any atom is 0.0113 e. The molecule has 0 aromatic rings. The van der Waals surface area contributed by atoms with Crippen LogP contribution >= 0.6 is 0 Å². The molecule has 47 heavy (non-hydrogen) atoms. The molecule has 0 bridgehead atoms. The van der Waals surface area contributed by atoms with Gasteiger partial charge in [-0.15, -0.1) is 0 Å². The lowest BCUT2D eigenvalue weighted by Gasteiger charge is -2.37. The van der Waals surface area contributed by atoms with Crippen LogP contribution in [-0.4, -0.2) is 145 Å². The van der Waals surface area contributed by atoms with Crippen LogP contribution in [0.1, 0.15) is 148 Å². The summed E-state index contributed by atoms with van der Waals surface area (Å²) < 4.78 is 0. The van der Waals surface area contributed by atoms with Crippen LogP contribution in [0.3, 0.4) is 0 Å². The summed E-state index contributed by atoms with van der Waals surface area (Å²) in [7, 11) is 0. The summed E-state index contributed by atoms with van der Waals surface area (Å²) in [5.41, 5.74) is 0. The highest BCUT2D eigenvalue weighted by atomic mass is 15.3. The Bertz CT molecular complexity index is 689. The first-order valence-electron chi connectivity index (χ1n) is 21.7. The van der Waals surface area contributed by atoms with Crippen LogP contribution in [0, 0.1) is 0 Å². The van der Waals surface area contributed by atoms with Crippen LogP contribution < -0.4 is 0 Å². The van der Waals surface area contributed by atoms with Crippen molar-refractivity contribution in [3.8, 4) is 0 Å². The molecule has 0 unspecified atom stereocenters. The van der Waals surface area contributed by atoms with Gasteiger partial charge in [0, 0.05) is 103 Å². The van der Waals surface area contributed by atoms with Gasteiger partial charge in [-0.25, -0.2) is 0 Å². The molecule has 2 heterocycles. The molecule has 6 fully saturated rings. The van der Waals surface area contributed by atoms with Crippen LogP contribution in [0.5, 0.6) is 0 Å². The minimum Gasteiger partial charge on any atom is -0.301 e. The molecule has 272 valence electrons. The van der Waals surface area contributed by atoms with Gasteiger partial charge in [0.1, 0.15) is 0 Å². The lowest BCUT2D eigenvalue weighted by molar-refractivity contribution is 0.112. The second-order valence-electron chi connectivity index (χ2n) is 17.1. The van der Waals surface area contributed by atoms with Gasteiger partial charge in [-0.05, 0) is 77.3 Å². The Morgan fingerprint density at radius 2 is 0.489 bits per heavy atom. The van der Waals surface area contributed by atoms with E-state index in [2.05, 4.69) is 29.4 Å². The summed E-state index contributed by atoms with van der Waals surface area (Å²) in [5.74, 6) is 0. The van der Waals surface area contributed by atoms with Gasteiger partial charge in [0.2, 0.25) is 0 Å². The molecule has 0 amide bonds. The van der Waals surface area contributed by atoms with Crippen LogP contribution in [0.2, 0.25) is 0 Å². The molecule has 2 aliphatic heterocycles. The molecular formula is C41H78N6. The van der Waals surface area contributed by atoms with Gasteiger partial charge < -0.3 is 9.80 Å². The molecule has 0 spiro atoms. The topological polar surface area (TPSA) is 19.4 Å². The van der Waals surface area contributed by atoms with Crippen molar-refractivity contribution in [2.45, 2.75) is 172 Å². The predicted octanol–water partition coefficient (Wildman–Crippen LogP) is 7.33. The molecule has 6 heteroatoms. The third kappa shape index (κ3) is 11.9. The fourth-order valence-corrected chi connectivity index (χ4v) is 10.8. The van der Waals surface area contributed by atoms with Crippen molar-refractivity contribution in [1.82, 2.24) is 29.4 Å². The Balaban J connectivity index is 0.975. The zero-order chi connectivity index (χ0) is 31.9. The van der Waals surface area contributed by atoms with E-state index in [1.807, 2.05) is 0 Å². The van der Waals surface area contributed by atoms with E-state index in [1.54, 1.807) is 0 Å². The van der Waals surface area contributed by atoms with Gasteiger partial charge in [-0.3, -0.25) is 19.6 Å². The Hall–Kier alpha value is -0.240. The van der Waals surface area contributed by atoms with Gasteiger partial charge in [-0.1, -0.05) is 83.5 Å². The number of rotatable bonds is 10. The van der Waals surface area contributed by atoms with Crippen molar-refractivity contribution in [3.63, 3.8) is 0 Å². The highest BCUT2D eigenvalue weighted by molar-refractivity contribution is 4.85. The maximum absolute atomic E-state index is 2.95. The minimum atomic E-state index is 0.863. The summed E-state index contributed by atoms with van der Waals surface area (Å²) in [6, 6.07) is 3.45. The molecule has 0 radical (unpaired) electrons. The maximum atomic E-state index is 2.95. The van der Waals surface area contributed by atoms with Gasteiger partial charge in [0.05, 0.1) is 0 Å². The largest absolute Gasteiger partial charge is 0.301 e. The number of hydrogen-bond donors (Lipinski definition) is 0. The third-order valence-corrected chi connectivity index (χ3v) is 14.0. The highest BCUT2D eigenvalue weighted by Crippen LogP contribution is 2.27. The summed E-state index contributed by atoms with van der Waals surface area (Å²) in [5, 5.41) is 0. The second kappa shape index (κ2) is 20.6. The van der Waals surface area contributed by atoms with Gasteiger partial charge in [0.15, 0.2) is 0 Å². The van der Waals surface area contributed by atoms with Crippen molar-refractivity contribution >= 4 is 0 Å². The van der Waals surface area contributed by atoms with Gasteiger partial charge >= 0.3 is 0 Å². The van der Waals surface area contributed by atoms with E-state index in [4.69, 9.17) is 0 Å². The summed E-state index contributed by atoms with van der Waals surface area (Å²) in [6.45, 7) is 18.4. The molecule has 4 aliphatic carbocycles. The van der Waals surface area contributed by atoms with E-state index in [9.17, 15) is 0 Å². The Labute approximate surface area is 292 Å². The SMILES string of the molecule is C1CCC(N2CCN(CCCCCN3CCN(C4CCCCC4)CCN(C4CCCCC4)CC3)CCN(C3CCCCC3)CC2)CC1. The fraction of sp³-hybridized carbons (Fsp3) is 1.00. The van der Waals surface area contributed by atoms with Crippen molar-refractivity contribution < 1.29 is 0 Å². The quantitative estimate of drug-likeness (QED) is 0.228. The van der Waals surface area contributed by atoms with E-state index in [0.717, 1.165) is 24.2 Å². The smallest absolute Gasteiger partial charge is 0.0113 e. The number of hydrogen-bond acceptors (Lipinski definition) is 6. The fourth-order valence-electron chi connectivity index (χ4n) is 10.8. The van der Waals surface area contributed by atoms with Crippen molar-refractivity contribution in [1.29, 1.82) is 0 Å². The van der Waals surface area contributed by atoms with Crippen LogP contribution in [-0.2, 0) is 0 Å². The van der Waals surface area contributed by atoms with E-state index in [1.165, 1.54) is 239 Å². The monoisotopic (exact) mass is 655 g/mol. The molecule has 0 atom stereocenters. The first-order valence-corrected chi connectivity index (χ1v) is 21.7. The highest BCUT2D eigenvalue weighted by Gasteiger charge is 2.29. The Morgan fingerprint density at radius 1 is 0.255 bits per heavy atom. The minimum absolute atomic E-state index is 0.863. The first kappa shape index (κ1) is 36.5. The number of unbranched alkanes of at least 4 members (excludes halogenated alkanes) is 2. The third-order valence-electron chi connectivity index (χ3n) is 14.0. The van der Waals surface area contributed by atoms with Crippen molar-refractivity contribution in [2.75, 3.05) is 91.6 Å². The van der Waals surface area contributed by atoms with Gasteiger partial charge in [0.25, 0.3) is 0 Å². The molecule has 6 rings (SSSR count). The summed E-state index contributed by atoms with van der Waals surface area (Å²) >= 11 is 0. The number of nitrogens with zero attached hydrogens (tertiary/aromatic N) is 6. The molecule has 6 nitrogen and oxygen atoms in total. The van der Waals surface area contributed by atoms with Crippen molar-refractivity contribution in [2.24, 2.45) is 0 Å². The second-order valence-corrected chi connectivity index (χ2v) is 17.1. The van der Waals surface area contributed by atoms with Crippen molar-refractivity contribution in [3.05, 3.63) is 0 Å². The average molecular weight is 655 g/mol. The normalized spacial score (nSPS) is 29.1. The molecular weight excluding hydrogens is 576 g/mol. The van der Waals surface area contributed by atoms with E-state index < -0.39 is 0 Å². The molecule has 0 N–H and O–H groups in total. The Morgan fingerprint density at radius 3 is 0.745 bits per heavy atom. The molecule has 2 saturated heterocycles. The average Bonchev–Trinajstić information content (AvgIpc) is 3.31. The standard InChI is InChI=1S/C41H78N6/c1-6-16-38(17-7-1)44-30-26-42(27-31-45(35-34-44)39-18-8-2-9-19-39)24-14-5-15-25-43-28-32-46(40-20-10-3-11-21-40)36-37-47(33-29-43)41-22-12-4-13-23-41/h38-41H,1-37H2. The van der Waals surface area contributed by atoms with Crippen LogP contribution in [0.25, 0.3) is 0 Å². The predicted molar refractivity (Wildman–Crippen MR) is 201 cm³/mol. The lowest BCUT2D eigenvalue weighted by Crippen LogP contribution is -2.45. The zero-order valence-corrected chi connectivity index (χ0v) is 31.2. The summed E-state index contributed by atoms with van der Waals surface area (Å²) in [4.78, 5) is 17.6. The zero-order valence-electron chi connectivity index (χ0n) is 31.2. The molecule has 0 aromatic heterocycles. The lowest BCUT2D eigenvalue weighted by atomic mass is 9.93. The van der Waals surface area contributed by atoms with E-state index in [-0.39, 0.29) is 0 Å². The van der Waals surface area contributed by atoms with Crippen LogP contribution in [0.4, 0.5) is 0 Å². The van der Waals surface area contributed by atoms with Gasteiger partial charge in [-0.2, -0.15) is 0 Å². The van der Waals surface area contributed by atoms with E-state index in [0.29, 0.717) is 0 Å².